The quantitative estimate of drug-likeness (QED) is 0.172. The van der Waals surface area contributed by atoms with Gasteiger partial charge in [0, 0.05) is 48.8 Å². The zero-order valence-corrected chi connectivity index (χ0v) is 25.5. The van der Waals surface area contributed by atoms with Crippen LogP contribution in [0.4, 0.5) is 0 Å². The first-order valence-corrected chi connectivity index (χ1v) is 13.9. The zero-order valence-electron chi connectivity index (χ0n) is 22.3. The van der Waals surface area contributed by atoms with E-state index in [2.05, 4.69) is 56.1 Å². The van der Waals surface area contributed by atoms with Crippen molar-refractivity contribution in [3.8, 4) is 23.0 Å². The van der Waals surface area contributed by atoms with Crippen LogP contribution in [0.2, 0.25) is 0 Å². The third kappa shape index (κ3) is 6.23. The fraction of sp³-hybridized carbons (Fsp3) is 0.152. The third-order valence-corrected chi connectivity index (χ3v) is 7.71. The summed E-state index contributed by atoms with van der Waals surface area (Å²) in [5.41, 5.74) is 5.75. The van der Waals surface area contributed by atoms with Crippen molar-refractivity contribution in [3.63, 3.8) is 0 Å². The Balaban J connectivity index is 2.00. The number of para-hydroxylation sites is 4. The lowest BCUT2D eigenvalue weighted by atomic mass is 9.92. The summed E-state index contributed by atoms with van der Waals surface area (Å²) in [5, 5.41) is 0. The predicted molar refractivity (Wildman–Crippen MR) is 166 cm³/mol. The van der Waals surface area contributed by atoms with E-state index >= 15 is 0 Å². The number of benzene rings is 4. The van der Waals surface area contributed by atoms with Crippen LogP contribution in [0.1, 0.15) is 28.7 Å². The minimum absolute atomic E-state index is 0.539. The Kier molecular flexibility index (Phi) is 9.90. The molecule has 0 aliphatic carbocycles. The van der Waals surface area contributed by atoms with Crippen LogP contribution < -0.4 is 18.9 Å². The highest BCUT2D eigenvalue weighted by Crippen LogP contribution is 2.45. The van der Waals surface area contributed by atoms with E-state index in [1.165, 1.54) is 0 Å². The Labute approximate surface area is 247 Å². The van der Waals surface area contributed by atoms with Crippen LogP contribution in [0, 0.1) is 0 Å². The molecule has 6 heteroatoms. The van der Waals surface area contributed by atoms with E-state index in [1.54, 1.807) is 28.4 Å². The molecule has 4 nitrogen and oxygen atoms in total. The van der Waals surface area contributed by atoms with Crippen LogP contribution in [0.3, 0.4) is 0 Å². The van der Waals surface area contributed by atoms with Crippen molar-refractivity contribution in [2.45, 2.75) is 6.42 Å². The second kappa shape index (κ2) is 13.5. The van der Waals surface area contributed by atoms with Crippen molar-refractivity contribution in [2.24, 2.45) is 0 Å². The molecule has 39 heavy (non-hydrogen) atoms. The number of rotatable bonds is 10. The molecule has 0 aliphatic heterocycles. The van der Waals surface area contributed by atoms with Crippen molar-refractivity contribution in [2.75, 3.05) is 28.4 Å². The summed E-state index contributed by atoms with van der Waals surface area (Å²) in [6.45, 7) is 0. The molecule has 0 heterocycles. The van der Waals surface area contributed by atoms with Gasteiger partial charge in [-0.05, 0) is 24.3 Å². The molecular formula is C33H30Br2O4. The minimum Gasteiger partial charge on any atom is -0.496 e. The minimum atomic E-state index is 0.539. The molecule has 0 aromatic heterocycles. The van der Waals surface area contributed by atoms with Gasteiger partial charge in [0.15, 0.2) is 0 Å². The lowest BCUT2D eigenvalue weighted by Crippen LogP contribution is -2.00. The maximum absolute atomic E-state index is 5.77. The van der Waals surface area contributed by atoms with Crippen LogP contribution >= 0.6 is 31.9 Å². The Hall–Kier alpha value is -3.48. The van der Waals surface area contributed by atoms with Gasteiger partial charge in [0.25, 0.3) is 0 Å². The van der Waals surface area contributed by atoms with Crippen molar-refractivity contribution >= 4 is 43.0 Å². The van der Waals surface area contributed by atoms with Crippen LogP contribution in [-0.4, -0.2) is 28.4 Å². The average Bonchev–Trinajstić information content (AvgIpc) is 2.98. The summed E-state index contributed by atoms with van der Waals surface area (Å²) >= 11 is 7.94. The van der Waals surface area contributed by atoms with Gasteiger partial charge in [-0.15, -0.1) is 0 Å². The molecule has 0 fully saturated rings. The van der Waals surface area contributed by atoms with Crippen molar-refractivity contribution < 1.29 is 18.9 Å². The lowest BCUT2D eigenvalue weighted by molar-refractivity contribution is 0.411. The standard InChI is InChI=1S/C33H30Br2O4/c1-36-28-17-9-5-13-22(28)32(23-14-6-10-18-29(23)37-2)26(34)21-27(35)33(24-15-7-11-19-30(24)38-3)25-16-8-12-20-31(25)39-4/h5-20H,21H2,1-4H3. The molecule has 0 saturated heterocycles. The molecular weight excluding hydrogens is 620 g/mol. The Morgan fingerprint density at radius 3 is 0.897 bits per heavy atom. The molecule has 0 atom stereocenters. The van der Waals surface area contributed by atoms with Gasteiger partial charge in [0.1, 0.15) is 23.0 Å². The van der Waals surface area contributed by atoms with Crippen molar-refractivity contribution in [1.29, 1.82) is 0 Å². The number of hydrogen-bond acceptors (Lipinski definition) is 4. The zero-order chi connectivity index (χ0) is 27.8. The monoisotopic (exact) mass is 648 g/mol. The molecule has 4 aromatic rings. The molecule has 200 valence electrons. The third-order valence-electron chi connectivity index (χ3n) is 6.36. The first-order valence-electron chi connectivity index (χ1n) is 12.3. The predicted octanol–water partition coefficient (Wildman–Crippen LogP) is 9.12. The van der Waals surface area contributed by atoms with Crippen LogP contribution in [0.5, 0.6) is 23.0 Å². The van der Waals surface area contributed by atoms with Gasteiger partial charge >= 0.3 is 0 Å². The summed E-state index contributed by atoms with van der Waals surface area (Å²) in [6.07, 6.45) is 0.539. The van der Waals surface area contributed by atoms with Gasteiger partial charge < -0.3 is 18.9 Å². The molecule has 0 radical (unpaired) electrons. The Morgan fingerprint density at radius 1 is 0.436 bits per heavy atom. The fourth-order valence-corrected chi connectivity index (χ4v) is 6.38. The highest BCUT2D eigenvalue weighted by molar-refractivity contribution is 9.12. The number of methoxy groups -OCH3 is 4. The van der Waals surface area contributed by atoms with E-state index in [0.29, 0.717) is 6.42 Å². The first-order chi connectivity index (χ1) is 19.0. The summed E-state index contributed by atoms with van der Waals surface area (Å²) < 4.78 is 25.0. The van der Waals surface area contributed by atoms with Crippen LogP contribution in [-0.2, 0) is 0 Å². The van der Waals surface area contributed by atoms with Gasteiger partial charge in [0.05, 0.1) is 28.4 Å². The molecule has 0 aliphatic rings. The average molecular weight is 650 g/mol. The highest BCUT2D eigenvalue weighted by atomic mass is 79.9. The van der Waals surface area contributed by atoms with E-state index in [-0.39, 0.29) is 0 Å². The second-order valence-electron chi connectivity index (χ2n) is 8.54. The SMILES string of the molecule is COc1ccccc1C(=C(Br)CC(Br)=C(c1ccccc1OC)c1ccccc1OC)c1ccccc1OC. The van der Waals surface area contributed by atoms with Crippen molar-refractivity contribution in [3.05, 3.63) is 128 Å². The van der Waals surface area contributed by atoms with E-state index in [9.17, 15) is 0 Å². The molecule has 0 unspecified atom stereocenters. The molecule has 0 amide bonds. The van der Waals surface area contributed by atoms with E-state index in [0.717, 1.165) is 65.4 Å². The van der Waals surface area contributed by atoms with Crippen LogP contribution in [0.15, 0.2) is 106 Å². The van der Waals surface area contributed by atoms with Gasteiger partial charge in [0.2, 0.25) is 0 Å². The number of hydrogen-bond donors (Lipinski definition) is 0. The van der Waals surface area contributed by atoms with Gasteiger partial charge in [-0.1, -0.05) is 105 Å². The summed E-state index contributed by atoms with van der Waals surface area (Å²) in [5.74, 6) is 3.07. The maximum Gasteiger partial charge on any atom is 0.126 e. The van der Waals surface area contributed by atoms with E-state index in [4.69, 9.17) is 18.9 Å². The van der Waals surface area contributed by atoms with Crippen LogP contribution in [0.25, 0.3) is 11.1 Å². The molecule has 4 rings (SSSR count). The Bertz CT molecular complexity index is 1300. The van der Waals surface area contributed by atoms with Gasteiger partial charge in [-0.2, -0.15) is 0 Å². The number of ether oxygens (including phenoxy) is 4. The Morgan fingerprint density at radius 2 is 0.667 bits per heavy atom. The normalized spacial score (nSPS) is 10.4. The van der Waals surface area contributed by atoms with Gasteiger partial charge in [-0.3, -0.25) is 0 Å². The largest absolute Gasteiger partial charge is 0.496 e. The molecule has 0 bridgehead atoms. The summed E-state index contributed by atoms with van der Waals surface area (Å²) in [4.78, 5) is 0. The first kappa shape index (κ1) is 28.5. The molecule has 4 aromatic carbocycles. The summed E-state index contributed by atoms with van der Waals surface area (Å²) in [6, 6.07) is 32.0. The molecule has 0 N–H and O–H groups in total. The number of halogens is 2. The topological polar surface area (TPSA) is 36.9 Å². The lowest BCUT2D eigenvalue weighted by Gasteiger charge is -2.20. The molecule has 0 spiro atoms. The van der Waals surface area contributed by atoms with E-state index in [1.807, 2.05) is 72.8 Å². The molecule has 0 saturated carbocycles. The number of allylic oxidation sites excluding steroid dienone is 2. The van der Waals surface area contributed by atoms with E-state index < -0.39 is 0 Å². The maximum atomic E-state index is 5.77. The summed E-state index contributed by atoms with van der Waals surface area (Å²) in [7, 11) is 6.74. The van der Waals surface area contributed by atoms with Crippen molar-refractivity contribution in [1.82, 2.24) is 0 Å². The highest BCUT2D eigenvalue weighted by Gasteiger charge is 2.22. The van der Waals surface area contributed by atoms with Gasteiger partial charge in [-0.25, -0.2) is 0 Å². The fourth-order valence-electron chi connectivity index (χ4n) is 4.59. The second-order valence-corrected chi connectivity index (χ2v) is 10.5. The smallest absolute Gasteiger partial charge is 0.126 e.